The summed E-state index contributed by atoms with van der Waals surface area (Å²) in [7, 11) is 3.21. The molecule has 0 bridgehead atoms. The Morgan fingerprint density at radius 1 is 1.00 bits per heavy atom. The van der Waals surface area contributed by atoms with Gasteiger partial charge in [0, 0.05) is 10.0 Å². The van der Waals surface area contributed by atoms with Crippen LogP contribution >= 0.6 is 31.9 Å². The first-order valence-corrected chi connectivity index (χ1v) is 7.58. The predicted octanol–water partition coefficient (Wildman–Crippen LogP) is 5.09. The van der Waals surface area contributed by atoms with E-state index in [2.05, 4.69) is 31.9 Å². The van der Waals surface area contributed by atoms with Crippen molar-refractivity contribution < 1.29 is 13.9 Å². The van der Waals surface area contributed by atoms with Crippen molar-refractivity contribution in [3.05, 3.63) is 57.8 Å². The lowest BCUT2D eigenvalue weighted by Gasteiger charge is -2.17. The van der Waals surface area contributed by atoms with Crippen molar-refractivity contribution in [2.75, 3.05) is 14.2 Å². The maximum absolute atomic E-state index is 13.5. The lowest BCUT2D eigenvalue weighted by molar-refractivity contribution is 0.399. The molecule has 0 heterocycles. The van der Waals surface area contributed by atoms with Crippen molar-refractivity contribution in [1.29, 1.82) is 0 Å². The highest BCUT2D eigenvalue weighted by atomic mass is 79.9. The Morgan fingerprint density at radius 3 is 2.40 bits per heavy atom. The zero-order chi connectivity index (χ0) is 14.7. The van der Waals surface area contributed by atoms with Gasteiger partial charge in [0.05, 0.1) is 19.0 Å². The van der Waals surface area contributed by atoms with Gasteiger partial charge < -0.3 is 9.47 Å². The molecule has 2 aromatic rings. The lowest BCUT2D eigenvalue weighted by Crippen LogP contribution is -1.99. The summed E-state index contributed by atoms with van der Waals surface area (Å²) in [6.45, 7) is 0. The van der Waals surface area contributed by atoms with E-state index in [0.717, 1.165) is 21.3 Å². The number of alkyl halides is 1. The van der Waals surface area contributed by atoms with Crippen LogP contribution < -0.4 is 9.47 Å². The molecule has 20 heavy (non-hydrogen) atoms. The van der Waals surface area contributed by atoms with E-state index in [-0.39, 0.29) is 10.6 Å². The van der Waals surface area contributed by atoms with Gasteiger partial charge in [0.25, 0.3) is 0 Å². The molecule has 0 aliphatic heterocycles. The Balaban J connectivity index is 2.51. The molecular formula is C15H13Br2FO2. The molecule has 2 aromatic carbocycles. The van der Waals surface area contributed by atoms with Gasteiger partial charge in [-0.1, -0.05) is 31.9 Å². The molecule has 0 radical (unpaired) electrons. The first-order chi connectivity index (χ1) is 9.56. The highest BCUT2D eigenvalue weighted by Crippen LogP contribution is 2.41. The number of rotatable bonds is 4. The van der Waals surface area contributed by atoms with Crippen LogP contribution in [0.15, 0.2) is 40.9 Å². The highest BCUT2D eigenvalue weighted by Gasteiger charge is 2.19. The Morgan fingerprint density at radius 2 is 1.75 bits per heavy atom. The van der Waals surface area contributed by atoms with E-state index >= 15 is 0 Å². The molecule has 2 rings (SSSR count). The van der Waals surface area contributed by atoms with Crippen LogP contribution in [0, 0.1) is 5.82 Å². The summed E-state index contributed by atoms with van der Waals surface area (Å²) in [6, 6.07) is 10.1. The summed E-state index contributed by atoms with van der Waals surface area (Å²) in [5.41, 5.74) is 1.66. The molecule has 1 unspecified atom stereocenters. The minimum absolute atomic E-state index is 0.211. The Kier molecular flexibility index (Phi) is 5.05. The molecule has 0 saturated heterocycles. The summed E-state index contributed by atoms with van der Waals surface area (Å²) in [6.07, 6.45) is 0. The van der Waals surface area contributed by atoms with E-state index in [9.17, 15) is 4.39 Å². The smallest absolute Gasteiger partial charge is 0.123 e. The van der Waals surface area contributed by atoms with Crippen LogP contribution in [0.3, 0.4) is 0 Å². The average molecular weight is 404 g/mol. The molecule has 0 saturated carbocycles. The molecule has 0 N–H and O–H groups in total. The maximum Gasteiger partial charge on any atom is 0.123 e. The number of hydrogen-bond donors (Lipinski definition) is 0. The van der Waals surface area contributed by atoms with Gasteiger partial charge in [-0.15, -0.1) is 0 Å². The fraction of sp³-hybridized carbons (Fsp3) is 0.200. The third-order valence-corrected chi connectivity index (χ3v) is 4.65. The summed E-state index contributed by atoms with van der Waals surface area (Å²) in [5, 5.41) is 0. The second kappa shape index (κ2) is 6.59. The van der Waals surface area contributed by atoms with Crippen LogP contribution in [0.25, 0.3) is 0 Å². The predicted molar refractivity (Wildman–Crippen MR) is 84.4 cm³/mol. The topological polar surface area (TPSA) is 18.5 Å². The normalized spacial score (nSPS) is 12.1. The minimum Gasteiger partial charge on any atom is -0.497 e. The van der Waals surface area contributed by atoms with Gasteiger partial charge in [-0.2, -0.15) is 0 Å². The van der Waals surface area contributed by atoms with Gasteiger partial charge >= 0.3 is 0 Å². The van der Waals surface area contributed by atoms with Gasteiger partial charge in [-0.25, -0.2) is 4.39 Å². The Bertz CT molecular complexity index is 617. The van der Waals surface area contributed by atoms with E-state index in [1.807, 2.05) is 18.2 Å². The molecule has 0 aliphatic rings. The van der Waals surface area contributed by atoms with Crippen LogP contribution in [-0.2, 0) is 0 Å². The monoisotopic (exact) mass is 402 g/mol. The number of ether oxygens (including phenoxy) is 2. The van der Waals surface area contributed by atoms with Gasteiger partial charge in [-0.05, 0) is 42.0 Å². The van der Waals surface area contributed by atoms with Gasteiger partial charge in [0.2, 0.25) is 0 Å². The van der Waals surface area contributed by atoms with Crippen LogP contribution in [-0.4, -0.2) is 14.2 Å². The fourth-order valence-corrected chi connectivity index (χ4v) is 3.43. The van der Waals surface area contributed by atoms with E-state index in [1.54, 1.807) is 20.3 Å². The van der Waals surface area contributed by atoms with Crippen molar-refractivity contribution in [1.82, 2.24) is 0 Å². The highest BCUT2D eigenvalue weighted by molar-refractivity contribution is 9.11. The molecule has 0 spiro atoms. The number of methoxy groups -OCH3 is 2. The summed E-state index contributed by atoms with van der Waals surface area (Å²) in [5.74, 6) is 1.15. The first-order valence-electron chi connectivity index (χ1n) is 5.87. The lowest BCUT2D eigenvalue weighted by atomic mass is 10.0. The molecule has 5 heteroatoms. The largest absolute Gasteiger partial charge is 0.497 e. The van der Waals surface area contributed by atoms with Crippen molar-refractivity contribution in [3.63, 3.8) is 0 Å². The average Bonchev–Trinajstić information content (AvgIpc) is 2.48. The van der Waals surface area contributed by atoms with Crippen LogP contribution in [0.2, 0.25) is 0 Å². The molecule has 2 nitrogen and oxygen atoms in total. The van der Waals surface area contributed by atoms with Crippen LogP contribution in [0.4, 0.5) is 4.39 Å². The Labute approximate surface area is 134 Å². The Hall–Kier alpha value is -1.07. The molecule has 0 aromatic heterocycles. The van der Waals surface area contributed by atoms with E-state index in [4.69, 9.17) is 9.47 Å². The fourth-order valence-electron chi connectivity index (χ4n) is 1.91. The molecule has 0 fully saturated rings. The zero-order valence-corrected chi connectivity index (χ0v) is 14.2. The van der Waals surface area contributed by atoms with Gasteiger partial charge in [0.15, 0.2) is 0 Å². The number of benzene rings is 2. The quantitative estimate of drug-likeness (QED) is 0.662. The number of halogens is 3. The molecular weight excluding hydrogens is 391 g/mol. The summed E-state index contributed by atoms with van der Waals surface area (Å²) >= 11 is 7.04. The molecule has 0 aliphatic carbocycles. The first kappa shape index (κ1) is 15.3. The second-order valence-electron chi connectivity index (χ2n) is 4.14. The molecule has 1 atom stereocenters. The standard InChI is InChI=1S/C15H13Br2FO2/c1-19-10-4-6-14(20-2)12(8-10)15(17)11-7-9(18)3-5-13(11)16/h3-8,15H,1-2H3. The van der Waals surface area contributed by atoms with E-state index in [1.165, 1.54) is 12.1 Å². The number of hydrogen-bond acceptors (Lipinski definition) is 2. The van der Waals surface area contributed by atoms with Crippen LogP contribution in [0.5, 0.6) is 11.5 Å². The molecule has 106 valence electrons. The maximum atomic E-state index is 13.5. The van der Waals surface area contributed by atoms with Crippen LogP contribution in [0.1, 0.15) is 16.0 Å². The molecule has 0 amide bonds. The van der Waals surface area contributed by atoms with Gasteiger partial charge in [-0.3, -0.25) is 0 Å². The summed E-state index contributed by atoms with van der Waals surface area (Å²) < 4.78 is 24.9. The van der Waals surface area contributed by atoms with E-state index < -0.39 is 0 Å². The SMILES string of the molecule is COc1ccc(OC)c(C(Br)c2cc(F)ccc2Br)c1. The van der Waals surface area contributed by atoms with E-state index in [0.29, 0.717) is 5.75 Å². The van der Waals surface area contributed by atoms with Crippen molar-refractivity contribution in [2.45, 2.75) is 4.83 Å². The minimum atomic E-state index is -0.283. The van der Waals surface area contributed by atoms with Gasteiger partial charge in [0.1, 0.15) is 17.3 Å². The van der Waals surface area contributed by atoms with Crippen molar-refractivity contribution >= 4 is 31.9 Å². The summed E-state index contributed by atoms with van der Waals surface area (Å²) in [4.78, 5) is -0.211. The van der Waals surface area contributed by atoms with Crippen molar-refractivity contribution in [3.8, 4) is 11.5 Å². The second-order valence-corrected chi connectivity index (χ2v) is 5.91. The zero-order valence-electron chi connectivity index (χ0n) is 11.0. The third-order valence-electron chi connectivity index (χ3n) is 2.94. The van der Waals surface area contributed by atoms with Crippen molar-refractivity contribution in [2.24, 2.45) is 0 Å². The third kappa shape index (κ3) is 3.15.